The SMILES string of the molecule is Cc1cc(C)c2[nH]c(C(=O)N3CCCCCC3CO)c(C)c2c1. The molecule has 1 unspecified atom stereocenters. The Morgan fingerprint density at radius 3 is 2.78 bits per heavy atom. The topological polar surface area (TPSA) is 56.3 Å². The van der Waals surface area contributed by atoms with Crippen molar-refractivity contribution < 1.29 is 9.90 Å². The van der Waals surface area contributed by atoms with Gasteiger partial charge in [-0.2, -0.15) is 0 Å². The predicted octanol–water partition coefficient (Wildman–Crippen LogP) is 3.47. The predicted molar refractivity (Wildman–Crippen MR) is 92.9 cm³/mol. The van der Waals surface area contributed by atoms with Gasteiger partial charge >= 0.3 is 0 Å². The van der Waals surface area contributed by atoms with Crippen molar-refractivity contribution in [3.63, 3.8) is 0 Å². The van der Waals surface area contributed by atoms with E-state index >= 15 is 0 Å². The number of aromatic amines is 1. The van der Waals surface area contributed by atoms with Gasteiger partial charge in [-0.15, -0.1) is 0 Å². The molecule has 1 saturated heterocycles. The number of aryl methyl sites for hydroxylation is 3. The van der Waals surface area contributed by atoms with Gasteiger partial charge in [0.05, 0.1) is 12.6 Å². The summed E-state index contributed by atoms with van der Waals surface area (Å²) in [4.78, 5) is 18.3. The molecule has 0 bridgehead atoms. The van der Waals surface area contributed by atoms with E-state index in [0.29, 0.717) is 5.69 Å². The highest BCUT2D eigenvalue weighted by molar-refractivity contribution is 6.01. The molecule has 1 aliphatic heterocycles. The minimum atomic E-state index is -0.0568. The van der Waals surface area contributed by atoms with Crippen LogP contribution in [0.1, 0.15) is 52.9 Å². The molecule has 2 aromatic rings. The monoisotopic (exact) mass is 314 g/mol. The highest BCUT2D eigenvalue weighted by Crippen LogP contribution is 2.28. The summed E-state index contributed by atoms with van der Waals surface area (Å²) in [6, 6.07) is 4.21. The van der Waals surface area contributed by atoms with Crippen molar-refractivity contribution in [2.45, 2.75) is 52.5 Å². The molecule has 1 amide bonds. The number of H-pyrrole nitrogens is 1. The normalized spacial score (nSPS) is 19.1. The zero-order valence-electron chi connectivity index (χ0n) is 14.3. The van der Waals surface area contributed by atoms with E-state index in [0.717, 1.165) is 54.3 Å². The Hall–Kier alpha value is -1.81. The molecule has 0 radical (unpaired) electrons. The summed E-state index contributed by atoms with van der Waals surface area (Å²) in [6.07, 6.45) is 4.11. The van der Waals surface area contributed by atoms with Gasteiger partial charge in [0, 0.05) is 17.4 Å². The first kappa shape index (κ1) is 16.1. The van der Waals surface area contributed by atoms with E-state index in [1.165, 1.54) is 5.56 Å². The van der Waals surface area contributed by atoms with Crippen LogP contribution in [0.3, 0.4) is 0 Å². The van der Waals surface area contributed by atoms with Crippen molar-refractivity contribution in [1.29, 1.82) is 0 Å². The second kappa shape index (κ2) is 6.36. The maximum atomic E-state index is 13.1. The van der Waals surface area contributed by atoms with E-state index < -0.39 is 0 Å². The Morgan fingerprint density at radius 1 is 1.26 bits per heavy atom. The van der Waals surface area contributed by atoms with Crippen LogP contribution in [0.2, 0.25) is 0 Å². The van der Waals surface area contributed by atoms with Gasteiger partial charge in [-0.05, 0) is 50.8 Å². The first-order chi connectivity index (χ1) is 11.0. The number of nitrogens with zero attached hydrogens (tertiary/aromatic N) is 1. The van der Waals surface area contributed by atoms with Gasteiger partial charge in [-0.25, -0.2) is 0 Å². The summed E-state index contributed by atoms with van der Waals surface area (Å²) in [5, 5.41) is 10.8. The lowest BCUT2D eigenvalue weighted by atomic mass is 10.1. The molecule has 124 valence electrons. The lowest BCUT2D eigenvalue weighted by molar-refractivity contribution is 0.0594. The number of carbonyl (C=O) groups is 1. The van der Waals surface area contributed by atoms with Crippen LogP contribution in [0.15, 0.2) is 12.1 Å². The summed E-state index contributed by atoms with van der Waals surface area (Å²) >= 11 is 0. The van der Waals surface area contributed by atoms with Crippen LogP contribution < -0.4 is 0 Å². The second-order valence-corrected chi connectivity index (χ2v) is 6.81. The Balaban J connectivity index is 2.03. The molecule has 1 aromatic carbocycles. The van der Waals surface area contributed by atoms with Crippen molar-refractivity contribution in [2.75, 3.05) is 13.2 Å². The first-order valence-electron chi connectivity index (χ1n) is 8.54. The maximum Gasteiger partial charge on any atom is 0.270 e. The molecule has 1 aliphatic rings. The number of hydrogen-bond acceptors (Lipinski definition) is 2. The average Bonchev–Trinajstić information content (AvgIpc) is 2.73. The van der Waals surface area contributed by atoms with Gasteiger partial charge in [0.2, 0.25) is 0 Å². The highest BCUT2D eigenvalue weighted by atomic mass is 16.3. The number of aliphatic hydroxyl groups is 1. The molecule has 3 rings (SSSR count). The molecule has 1 atom stereocenters. The summed E-state index contributed by atoms with van der Waals surface area (Å²) in [7, 11) is 0. The molecule has 4 heteroatoms. The van der Waals surface area contributed by atoms with Gasteiger partial charge in [0.25, 0.3) is 5.91 Å². The third-order valence-electron chi connectivity index (χ3n) is 5.07. The quantitative estimate of drug-likeness (QED) is 0.892. The smallest absolute Gasteiger partial charge is 0.270 e. The molecule has 23 heavy (non-hydrogen) atoms. The summed E-state index contributed by atoms with van der Waals surface area (Å²) < 4.78 is 0. The number of aromatic nitrogens is 1. The Kier molecular flexibility index (Phi) is 4.44. The minimum Gasteiger partial charge on any atom is -0.394 e. The molecule has 2 N–H and O–H groups in total. The number of rotatable bonds is 2. The van der Waals surface area contributed by atoms with Gasteiger partial charge < -0.3 is 15.0 Å². The number of hydrogen-bond donors (Lipinski definition) is 2. The van der Waals surface area contributed by atoms with E-state index in [1.54, 1.807) is 0 Å². The van der Waals surface area contributed by atoms with Crippen LogP contribution in [0.4, 0.5) is 0 Å². The van der Waals surface area contributed by atoms with Gasteiger partial charge in [-0.1, -0.05) is 24.5 Å². The lowest BCUT2D eigenvalue weighted by Gasteiger charge is -2.28. The standard InChI is InChI=1S/C19H26N2O2/c1-12-9-13(2)17-16(10-12)14(3)18(20-17)19(23)21-8-6-4-5-7-15(21)11-22/h9-10,15,20,22H,4-8,11H2,1-3H3. The van der Waals surface area contributed by atoms with Crippen LogP contribution >= 0.6 is 0 Å². The van der Waals surface area contributed by atoms with Crippen molar-refractivity contribution in [3.8, 4) is 0 Å². The van der Waals surface area contributed by atoms with Crippen molar-refractivity contribution in [3.05, 3.63) is 34.5 Å². The fourth-order valence-corrected chi connectivity index (χ4v) is 3.77. The number of amides is 1. The summed E-state index contributed by atoms with van der Waals surface area (Å²) in [6.45, 7) is 6.94. The number of fused-ring (bicyclic) bond motifs is 1. The number of aliphatic hydroxyl groups excluding tert-OH is 1. The van der Waals surface area contributed by atoms with Crippen molar-refractivity contribution in [2.24, 2.45) is 0 Å². The van der Waals surface area contributed by atoms with Crippen molar-refractivity contribution >= 4 is 16.8 Å². The molecule has 1 aromatic heterocycles. The van der Waals surface area contributed by atoms with Crippen LogP contribution in [0.5, 0.6) is 0 Å². The van der Waals surface area contributed by atoms with E-state index in [9.17, 15) is 9.90 Å². The van der Waals surface area contributed by atoms with Crippen LogP contribution in [0, 0.1) is 20.8 Å². The van der Waals surface area contributed by atoms with Crippen LogP contribution in [-0.2, 0) is 0 Å². The van der Waals surface area contributed by atoms with E-state index in [2.05, 4.69) is 31.0 Å². The maximum absolute atomic E-state index is 13.1. The molecular weight excluding hydrogens is 288 g/mol. The van der Waals surface area contributed by atoms with Gasteiger partial charge in [0.15, 0.2) is 0 Å². The average molecular weight is 314 g/mol. The van der Waals surface area contributed by atoms with Crippen LogP contribution in [-0.4, -0.2) is 40.1 Å². The van der Waals surface area contributed by atoms with E-state index in [1.807, 2.05) is 11.8 Å². The molecule has 0 saturated carbocycles. The Morgan fingerprint density at radius 2 is 2.04 bits per heavy atom. The Bertz CT molecular complexity index is 733. The lowest BCUT2D eigenvalue weighted by Crippen LogP contribution is -2.42. The van der Waals surface area contributed by atoms with Gasteiger partial charge in [-0.3, -0.25) is 4.79 Å². The first-order valence-corrected chi connectivity index (χ1v) is 8.54. The molecule has 0 spiro atoms. The molecule has 2 heterocycles. The Labute approximate surface area is 137 Å². The number of benzene rings is 1. The summed E-state index contributed by atoms with van der Waals surface area (Å²) in [5.41, 5.74) is 5.11. The third-order valence-corrected chi connectivity index (χ3v) is 5.07. The van der Waals surface area contributed by atoms with E-state index in [-0.39, 0.29) is 18.6 Å². The van der Waals surface area contributed by atoms with E-state index in [4.69, 9.17) is 0 Å². The molecule has 4 nitrogen and oxygen atoms in total. The number of carbonyl (C=O) groups excluding carboxylic acids is 1. The fourth-order valence-electron chi connectivity index (χ4n) is 3.77. The molecule has 1 fully saturated rings. The number of likely N-dealkylation sites (tertiary alicyclic amines) is 1. The minimum absolute atomic E-state index is 0.0247. The second-order valence-electron chi connectivity index (χ2n) is 6.81. The molecular formula is C19H26N2O2. The van der Waals surface area contributed by atoms with Crippen molar-refractivity contribution in [1.82, 2.24) is 9.88 Å². The highest BCUT2D eigenvalue weighted by Gasteiger charge is 2.28. The largest absolute Gasteiger partial charge is 0.394 e. The fraction of sp³-hybridized carbons (Fsp3) is 0.526. The molecule has 0 aliphatic carbocycles. The summed E-state index contributed by atoms with van der Waals surface area (Å²) in [5.74, 6) is 0.0247. The number of nitrogens with one attached hydrogen (secondary N) is 1. The van der Waals surface area contributed by atoms with Gasteiger partial charge in [0.1, 0.15) is 5.69 Å². The zero-order valence-corrected chi connectivity index (χ0v) is 14.3. The van der Waals surface area contributed by atoms with Crippen LogP contribution in [0.25, 0.3) is 10.9 Å². The zero-order chi connectivity index (χ0) is 16.6. The third kappa shape index (κ3) is 2.88.